The van der Waals surface area contributed by atoms with Gasteiger partial charge in [-0.3, -0.25) is 14.3 Å². The molecule has 1 saturated carbocycles. The first-order chi connectivity index (χ1) is 21.0. The van der Waals surface area contributed by atoms with E-state index in [1.807, 2.05) is 24.3 Å². The van der Waals surface area contributed by atoms with E-state index >= 15 is 0 Å². The molecule has 0 saturated heterocycles. The summed E-state index contributed by atoms with van der Waals surface area (Å²) in [5.74, 6) is 0.363. The van der Waals surface area contributed by atoms with Gasteiger partial charge in [0, 0.05) is 41.5 Å². The Kier molecular flexibility index (Phi) is 8.11. The largest absolute Gasteiger partial charge is 0.383 e. The lowest BCUT2D eigenvalue weighted by molar-refractivity contribution is -0.123. The van der Waals surface area contributed by atoms with Crippen molar-refractivity contribution in [3.8, 4) is 11.3 Å². The lowest BCUT2D eigenvalue weighted by Gasteiger charge is -2.30. The minimum atomic E-state index is -0.336. The summed E-state index contributed by atoms with van der Waals surface area (Å²) in [6, 6.07) is 10.4. The SMILES string of the molecule is [C-]#[N+]c1ccnc(NC(=O)c2ccc(-c3nn4c5c(cnc(N)c35)/C=C/CCOCCC(=O)N[C@@H]3CCC[C@@H]4C3)cc2)c1. The van der Waals surface area contributed by atoms with Gasteiger partial charge in [0.05, 0.1) is 36.7 Å². The summed E-state index contributed by atoms with van der Waals surface area (Å²) in [6.07, 6.45) is 12.0. The van der Waals surface area contributed by atoms with Crippen molar-refractivity contribution in [2.24, 2.45) is 0 Å². The summed E-state index contributed by atoms with van der Waals surface area (Å²) >= 11 is 0. The molecule has 4 aromatic rings. The molecule has 0 unspecified atom stereocenters. The normalized spacial score (nSPS) is 19.8. The van der Waals surface area contributed by atoms with E-state index in [1.54, 1.807) is 24.4 Å². The Hall–Kier alpha value is -5.08. The van der Waals surface area contributed by atoms with Gasteiger partial charge >= 0.3 is 0 Å². The molecule has 11 nitrogen and oxygen atoms in total. The van der Waals surface area contributed by atoms with Crippen LogP contribution in [-0.4, -0.2) is 50.8 Å². The van der Waals surface area contributed by atoms with Crippen LogP contribution < -0.4 is 16.4 Å². The summed E-state index contributed by atoms with van der Waals surface area (Å²) in [5, 5.41) is 11.8. The number of carbonyl (C=O) groups excluding carboxylic acids is 2. The topological polar surface area (TPSA) is 141 Å². The number of carbonyl (C=O) groups is 2. The van der Waals surface area contributed by atoms with E-state index in [4.69, 9.17) is 22.1 Å². The molecule has 2 bridgehead atoms. The second-order valence-corrected chi connectivity index (χ2v) is 10.8. The molecule has 43 heavy (non-hydrogen) atoms. The van der Waals surface area contributed by atoms with Gasteiger partial charge < -0.3 is 21.1 Å². The Balaban J connectivity index is 1.37. The van der Waals surface area contributed by atoms with Gasteiger partial charge in [0.2, 0.25) is 5.91 Å². The number of benzene rings is 1. The molecule has 0 radical (unpaired) electrons. The number of nitrogens with one attached hydrogen (secondary N) is 2. The van der Waals surface area contributed by atoms with Gasteiger partial charge in [0.15, 0.2) is 5.69 Å². The van der Waals surface area contributed by atoms with Crippen molar-refractivity contribution in [3.05, 3.63) is 77.4 Å². The van der Waals surface area contributed by atoms with E-state index in [9.17, 15) is 9.59 Å². The number of aromatic nitrogens is 4. The average molecular weight is 577 g/mol. The number of nitrogens with zero attached hydrogens (tertiary/aromatic N) is 5. The molecule has 6 rings (SSSR count). The molecule has 2 atom stereocenters. The molecule has 2 amide bonds. The lowest BCUT2D eigenvalue weighted by Crippen LogP contribution is -2.39. The van der Waals surface area contributed by atoms with Crippen LogP contribution in [0.5, 0.6) is 0 Å². The first kappa shape index (κ1) is 28.1. The summed E-state index contributed by atoms with van der Waals surface area (Å²) in [7, 11) is 0. The third-order valence-corrected chi connectivity index (χ3v) is 7.87. The fraction of sp³-hybridized carbons (Fsp3) is 0.312. The maximum absolute atomic E-state index is 12.9. The van der Waals surface area contributed by atoms with Crippen LogP contribution in [0.4, 0.5) is 17.3 Å². The van der Waals surface area contributed by atoms with Crippen molar-refractivity contribution in [3.63, 3.8) is 0 Å². The van der Waals surface area contributed by atoms with Gasteiger partial charge in [-0.15, -0.1) is 0 Å². The van der Waals surface area contributed by atoms with Gasteiger partial charge in [-0.1, -0.05) is 24.3 Å². The van der Waals surface area contributed by atoms with Crippen molar-refractivity contribution >= 4 is 46.1 Å². The van der Waals surface area contributed by atoms with Crippen LogP contribution in [0, 0.1) is 6.57 Å². The maximum Gasteiger partial charge on any atom is 0.256 e. The second kappa shape index (κ2) is 12.4. The zero-order valence-corrected chi connectivity index (χ0v) is 23.6. The Morgan fingerprint density at radius 1 is 1.16 bits per heavy atom. The number of pyridine rings is 2. The number of nitrogen functional groups attached to an aromatic ring is 1. The van der Waals surface area contributed by atoms with E-state index in [2.05, 4.69) is 30.1 Å². The number of anilines is 2. The Morgan fingerprint density at radius 2 is 2.02 bits per heavy atom. The smallest absolute Gasteiger partial charge is 0.256 e. The Labute approximate surface area is 249 Å². The van der Waals surface area contributed by atoms with Gasteiger partial charge in [-0.25, -0.2) is 14.8 Å². The van der Waals surface area contributed by atoms with Crippen LogP contribution >= 0.6 is 0 Å². The second-order valence-electron chi connectivity index (χ2n) is 10.8. The zero-order valence-electron chi connectivity index (χ0n) is 23.6. The number of hydrogen-bond acceptors (Lipinski definition) is 7. The van der Waals surface area contributed by atoms with Crippen LogP contribution in [0.3, 0.4) is 0 Å². The lowest BCUT2D eigenvalue weighted by atomic mass is 9.90. The van der Waals surface area contributed by atoms with E-state index in [-0.39, 0.29) is 23.9 Å². The number of fused-ring (bicyclic) bond motifs is 3. The van der Waals surface area contributed by atoms with Crippen molar-refractivity contribution in [1.29, 1.82) is 0 Å². The zero-order chi connectivity index (χ0) is 29.8. The van der Waals surface area contributed by atoms with Crippen LogP contribution in [-0.2, 0) is 9.53 Å². The fourth-order valence-electron chi connectivity index (χ4n) is 5.78. The molecule has 11 heteroatoms. The molecule has 1 fully saturated rings. The third kappa shape index (κ3) is 6.10. The van der Waals surface area contributed by atoms with Gasteiger partial charge in [0.1, 0.15) is 17.3 Å². The highest BCUT2D eigenvalue weighted by Gasteiger charge is 2.29. The minimum absolute atomic E-state index is 0.00945. The Bertz CT molecular complexity index is 1740. The summed E-state index contributed by atoms with van der Waals surface area (Å²) in [4.78, 5) is 37.5. The molecule has 1 aliphatic heterocycles. The van der Waals surface area contributed by atoms with Crippen LogP contribution in [0.25, 0.3) is 33.1 Å². The number of hydrogen-bond donors (Lipinski definition) is 3. The van der Waals surface area contributed by atoms with Crippen LogP contribution in [0.2, 0.25) is 0 Å². The van der Waals surface area contributed by atoms with E-state index in [1.165, 1.54) is 12.3 Å². The number of nitrogens with two attached hydrogens (primary N) is 1. The molecule has 4 N–H and O–H groups in total. The van der Waals surface area contributed by atoms with Gasteiger partial charge in [-0.2, -0.15) is 5.10 Å². The number of amides is 2. The predicted octanol–water partition coefficient (Wildman–Crippen LogP) is 5.30. The molecular formula is C32H32N8O3. The number of rotatable bonds is 3. The third-order valence-electron chi connectivity index (χ3n) is 7.87. The highest BCUT2D eigenvalue weighted by molar-refractivity contribution is 6.06. The molecule has 3 aromatic heterocycles. The van der Waals surface area contributed by atoms with Crippen molar-refractivity contribution < 1.29 is 14.3 Å². The Morgan fingerprint density at radius 3 is 2.86 bits per heavy atom. The van der Waals surface area contributed by atoms with E-state index in [0.29, 0.717) is 54.6 Å². The summed E-state index contributed by atoms with van der Waals surface area (Å²) in [5.41, 5.74) is 10.6. The van der Waals surface area contributed by atoms with Crippen LogP contribution in [0.1, 0.15) is 60.5 Å². The van der Waals surface area contributed by atoms with Crippen molar-refractivity contribution in [2.45, 2.75) is 50.6 Å². The van der Waals surface area contributed by atoms with Gasteiger partial charge in [-0.05, 0) is 56.4 Å². The predicted molar refractivity (Wildman–Crippen MR) is 164 cm³/mol. The maximum atomic E-state index is 12.9. The molecule has 218 valence electrons. The van der Waals surface area contributed by atoms with Crippen LogP contribution in [0.15, 0.2) is 54.9 Å². The monoisotopic (exact) mass is 576 g/mol. The highest BCUT2D eigenvalue weighted by atomic mass is 16.5. The molecule has 4 heterocycles. The molecule has 0 spiro atoms. The summed E-state index contributed by atoms with van der Waals surface area (Å²) in [6.45, 7) is 8.10. The van der Waals surface area contributed by atoms with Crippen molar-refractivity contribution in [2.75, 3.05) is 24.3 Å². The summed E-state index contributed by atoms with van der Waals surface area (Å²) < 4.78 is 7.73. The fourth-order valence-corrected chi connectivity index (χ4v) is 5.78. The molecule has 2 aliphatic rings. The average Bonchev–Trinajstić information content (AvgIpc) is 3.43. The number of ether oxygens (including phenoxy) is 1. The van der Waals surface area contributed by atoms with E-state index < -0.39 is 0 Å². The first-order valence-corrected chi connectivity index (χ1v) is 14.5. The van der Waals surface area contributed by atoms with Gasteiger partial charge in [0.25, 0.3) is 5.91 Å². The standard InChI is InChI=1S/C32H32N8O3/c1-34-23-12-14-35-26(18-23)38-32(42)21-10-8-20(9-11-21)29-28-30-22(19-36-31(28)33)5-2-3-15-43-16-13-27(41)37-24-6-4-7-25(17-24)40(30)39-29/h2,5,8-12,14,18-19,24-25H,3-4,6-7,13,15-17H2,(H2,33,36)(H,37,41)(H,35,38,42)/b5-2+/t24-,25-/m1/s1. The molecule has 1 aliphatic carbocycles. The van der Waals surface area contributed by atoms with E-state index in [0.717, 1.165) is 47.7 Å². The minimum Gasteiger partial charge on any atom is -0.383 e. The molecular weight excluding hydrogens is 544 g/mol. The molecule has 1 aromatic carbocycles. The quantitative estimate of drug-likeness (QED) is 0.281. The highest BCUT2D eigenvalue weighted by Crippen LogP contribution is 2.39. The van der Waals surface area contributed by atoms with Crippen molar-refractivity contribution in [1.82, 2.24) is 25.1 Å². The first-order valence-electron chi connectivity index (χ1n) is 14.5.